The van der Waals surface area contributed by atoms with Crippen molar-refractivity contribution in [1.29, 1.82) is 0 Å². The third kappa shape index (κ3) is 10.3. The number of ether oxygens (including phenoxy) is 3. The molecule has 10 heteroatoms. The molecular formula is C38H42N2O7S. The van der Waals surface area contributed by atoms with Gasteiger partial charge in [0.15, 0.2) is 17.3 Å². The van der Waals surface area contributed by atoms with E-state index in [1.54, 1.807) is 66.7 Å². The molecular weight excluding hydrogens is 628 g/mol. The second kappa shape index (κ2) is 17.8. The summed E-state index contributed by atoms with van der Waals surface area (Å²) in [5.74, 6) is -0.278. The highest BCUT2D eigenvalue weighted by atomic mass is 32.1. The Bertz CT molecular complexity index is 1710. The SMILES string of the molecule is CCCCCCCOc1ccc(C(=O)Oc2ccc(CC(NC(=O)c3cccc(NC(=O)c4sccc4C)c3)C(C)=O)cc2OC)cc1. The Morgan fingerprint density at radius 3 is 2.29 bits per heavy atom. The Kier molecular flexibility index (Phi) is 13.3. The number of thiophene rings is 1. The van der Waals surface area contributed by atoms with Crippen molar-refractivity contribution in [2.24, 2.45) is 0 Å². The summed E-state index contributed by atoms with van der Waals surface area (Å²) in [4.78, 5) is 51.9. The predicted octanol–water partition coefficient (Wildman–Crippen LogP) is 7.82. The largest absolute Gasteiger partial charge is 0.494 e. The molecule has 0 fully saturated rings. The molecule has 0 bridgehead atoms. The lowest BCUT2D eigenvalue weighted by molar-refractivity contribution is -0.118. The molecule has 4 aromatic rings. The number of carbonyl (C=O) groups excluding carboxylic acids is 4. The molecule has 1 heterocycles. The third-order valence-corrected chi connectivity index (χ3v) is 8.74. The first-order chi connectivity index (χ1) is 23.2. The Morgan fingerprint density at radius 2 is 1.60 bits per heavy atom. The van der Waals surface area contributed by atoms with Crippen LogP contribution in [-0.4, -0.2) is 43.3 Å². The maximum absolute atomic E-state index is 13.2. The molecule has 0 aliphatic rings. The molecule has 0 aliphatic carbocycles. The highest BCUT2D eigenvalue weighted by molar-refractivity contribution is 7.12. The van der Waals surface area contributed by atoms with Crippen LogP contribution in [-0.2, 0) is 11.2 Å². The lowest BCUT2D eigenvalue weighted by Gasteiger charge is -2.18. The average molecular weight is 671 g/mol. The number of ketones is 1. The van der Waals surface area contributed by atoms with Crippen LogP contribution in [0.2, 0.25) is 0 Å². The summed E-state index contributed by atoms with van der Waals surface area (Å²) in [6.45, 7) is 6.08. The van der Waals surface area contributed by atoms with E-state index in [1.807, 2.05) is 18.4 Å². The molecule has 0 saturated carbocycles. The van der Waals surface area contributed by atoms with Gasteiger partial charge in [0.2, 0.25) is 0 Å². The smallest absolute Gasteiger partial charge is 0.343 e. The van der Waals surface area contributed by atoms with Crippen LogP contribution in [0.25, 0.3) is 0 Å². The van der Waals surface area contributed by atoms with Crippen molar-refractivity contribution < 1.29 is 33.4 Å². The van der Waals surface area contributed by atoms with Gasteiger partial charge < -0.3 is 24.8 Å². The van der Waals surface area contributed by atoms with Crippen molar-refractivity contribution in [3.8, 4) is 17.2 Å². The van der Waals surface area contributed by atoms with E-state index in [1.165, 1.54) is 44.6 Å². The lowest BCUT2D eigenvalue weighted by Crippen LogP contribution is -2.41. The third-order valence-electron chi connectivity index (χ3n) is 7.72. The van der Waals surface area contributed by atoms with E-state index in [9.17, 15) is 19.2 Å². The molecule has 0 saturated heterocycles. The zero-order chi connectivity index (χ0) is 34.5. The number of hydrogen-bond donors (Lipinski definition) is 2. The zero-order valence-corrected chi connectivity index (χ0v) is 28.6. The summed E-state index contributed by atoms with van der Waals surface area (Å²) >= 11 is 1.34. The minimum atomic E-state index is -0.834. The number of methoxy groups -OCH3 is 1. The zero-order valence-electron chi connectivity index (χ0n) is 27.8. The summed E-state index contributed by atoms with van der Waals surface area (Å²) in [6, 6.07) is 19.4. The molecule has 1 unspecified atom stereocenters. The van der Waals surface area contributed by atoms with E-state index in [2.05, 4.69) is 17.6 Å². The molecule has 4 rings (SSSR count). The van der Waals surface area contributed by atoms with Gasteiger partial charge in [-0.05, 0) is 104 Å². The molecule has 0 spiro atoms. The predicted molar refractivity (Wildman–Crippen MR) is 188 cm³/mol. The van der Waals surface area contributed by atoms with Crippen LogP contribution in [0.4, 0.5) is 5.69 Å². The van der Waals surface area contributed by atoms with Crippen LogP contribution >= 0.6 is 11.3 Å². The van der Waals surface area contributed by atoms with Crippen molar-refractivity contribution in [2.75, 3.05) is 19.0 Å². The molecule has 1 atom stereocenters. The van der Waals surface area contributed by atoms with Crippen LogP contribution in [0, 0.1) is 6.92 Å². The topological polar surface area (TPSA) is 120 Å². The van der Waals surface area contributed by atoms with Gasteiger partial charge in [0.05, 0.1) is 30.2 Å². The quantitative estimate of drug-likeness (QED) is 0.0668. The van der Waals surface area contributed by atoms with Gasteiger partial charge in [-0.1, -0.05) is 44.7 Å². The van der Waals surface area contributed by atoms with Crippen LogP contribution in [0.15, 0.2) is 78.2 Å². The molecule has 0 aliphatic heterocycles. The van der Waals surface area contributed by atoms with Gasteiger partial charge in [-0.2, -0.15) is 0 Å². The minimum Gasteiger partial charge on any atom is -0.494 e. The number of unbranched alkanes of at least 4 members (excludes halogenated alkanes) is 4. The monoisotopic (exact) mass is 670 g/mol. The van der Waals surface area contributed by atoms with E-state index in [0.717, 1.165) is 18.4 Å². The standard InChI is InChI=1S/C38H42N2O7S/c1-5-6-7-8-9-20-46-31-16-14-28(15-17-31)38(44)47-33-18-13-27(23-34(33)45-4)22-32(26(3)41)40-36(42)29-11-10-12-30(24-29)39-37(43)35-25(2)19-21-48-35/h10-19,21,23-24,32H,5-9,20,22H2,1-4H3,(H,39,43)(H,40,42). The van der Waals surface area contributed by atoms with Crippen molar-refractivity contribution >= 4 is 40.6 Å². The van der Waals surface area contributed by atoms with E-state index in [-0.39, 0.29) is 23.9 Å². The minimum absolute atomic E-state index is 0.180. The van der Waals surface area contributed by atoms with Crippen LogP contribution < -0.4 is 24.8 Å². The second-order valence-corrected chi connectivity index (χ2v) is 12.4. The molecule has 48 heavy (non-hydrogen) atoms. The van der Waals surface area contributed by atoms with Gasteiger partial charge in [0.1, 0.15) is 5.75 Å². The number of esters is 1. The normalized spacial score (nSPS) is 11.3. The fraction of sp³-hybridized carbons (Fsp3) is 0.316. The first-order valence-electron chi connectivity index (χ1n) is 16.1. The molecule has 9 nitrogen and oxygen atoms in total. The molecule has 252 valence electrons. The maximum Gasteiger partial charge on any atom is 0.343 e. The van der Waals surface area contributed by atoms with Gasteiger partial charge in [-0.3, -0.25) is 14.4 Å². The summed E-state index contributed by atoms with van der Waals surface area (Å²) in [6.07, 6.45) is 5.95. The lowest BCUT2D eigenvalue weighted by atomic mass is 10.0. The maximum atomic E-state index is 13.2. The van der Waals surface area contributed by atoms with Crippen LogP contribution in [0.1, 0.15) is 87.5 Å². The van der Waals surface area contributed by atoms with Crippen molar-refractivity contribution in [3.05, 3.63) is 105 Å². The first kappa shape index (κ1) is 35.9. The van der Waals surface area contributed by atoms with Gasteiger partial charge in [-0.15, -0.1) is 11.3 Å². The fourth-order valence-electron chi connectivity index (χ4n) is 4.97. The molecule has 2 amide bonds. The Balaban J connectivity index is 1.35. The number of carbonyl (C=O) groups is 4. The highest BCUT2D eigenvalue weighted by Crippen LogP contribution is 2.30. The average Bonchev–Trinajstić information content (AvgIpc) is 3.52. The number of rotatable bonds is 17. The van der Waals surface area contributed by atoms with E-state index in [0.29, 0.717) is 45.4 Å². The van der Waals surface area contributed by atoms with Crippen molar-refractivity contribution in [2.45, 2.75) is 65.3 Å². The number of benzene rings is 3. The van der Waals surface area contributed by atoms with Crippen molar-refractivity contribution in [3.63, 3.8) is 0 Å². The molecule has 3 aromatic carbocycles. The van der Waals surface area contributed by atoms with Gasteiger partial charge in [0.25, 0.3) is 11.8 Å². The molecule has 2 N–H and O–H groups in total. The fourth-order valence-corrected chi connectivity index (χ4v) is 5.79. The summed E-state index contributed by atoms with van der Waals surface area (Å²) in [5.41, 5.74) is 2.69. The van der Waals surface area contributed by atoms with Gasteiger partial charge in [-0.25, -0.2) is 4.79 Å². The highest BCUT2D eigenvalue weighted by Gasteiger charge is 2.21. The van der Waals surface area contributed by atoms with Gasteiger partial charge in [0, 0.05) is 11.3 Å². The number of nitrogens with one attached hydrogen (secondary N) is 2. The molecule has 0 radical (unpaired) electrons. The van der Waals surface area contributed by atoms with E-state index >= 15 is 0 Å². The number of Topliss-reactive ketones (excluding diaryl/α,β-unsaturated/α-hetero) is 1. The Labute approximate surface area is 285 Å². The number of aryl methyl sites for hydroxylation is 1. The Hall–Kier alpha value is -4.96. The van der Waals surface area contributed by atoms with E-state index < -0.39 is 17.9 Å². The number of amides is 2. The number of anilines is 1. The van der Waals surface area contributed by atoms with Crippen LogP contribution in [0.3, 0.4) is 0 Å². The summed E-state index contributed by atoms with van der Waals surface area (Å²) in [7, 11) is 1.46. The first-order valence-corrected chi connectivity index (χ1v) is 16.9. The summed E-state index contributed by atoms with van der Waals surface area (Å²) < 4.78 is 16.9. The Morgan fingerprint density at radius 1 is 0.833 bits per heavy atom. The van der Waals surface area contributed by atoms with E-state index in [4.69, 9.17) is 14.2 Å². The number of hydrogen-bond acceptors (Lipinski definition) is 8. The van der Waals surface area contributed by atoms with Crippen molar-refractivity contribution in [1.82, 2.24) is 5.32 Å². The van der Waals surface area contributed by atoms with Gasteiger partial charge >= 0.3 is 5.97 Å². The molecule has 1 aromatic heterocycles. The van der Waals surface area contributed by atoms with Crippen LogP contribution in [0.5, 0.6) is 17.2 Å². The summed E-state index contributed by atoms with van der Waals surface area (Å²) in [5, 5.41) is 7.47. The second-order valence-electron chi connectivity index (χ2n) is 11.5.